The Kier molecular flexibility index (Phi) is 3.88. The molecule has 1 heterocycles. The average molecular weight is 308 g/mol. The summed E-state index contributed by atoms with van der Waals surface area (Å²) in [6.45, 7) is 0. The number of hydrogen-bond donors (Lipinski definition) is 0. The second-order valence-electron chi connectivity index (χ2n) is 5.65. The molecule has 0 fully saturated rings. The summed E-state index contributed by atoms with van der Waals surface area (Å²) in [5, 5.41) is 0. The number of hydrogen-bond acceptors (Lipinski definition) is 1. The van der Waals surface area contributed by atoms with Crippen LogP contribution in [0, 0.1) is 11.8 Å². The van der Waals surface area contributed by atoms with Crippen LogP contribution in [0.15, 0.2) is 91.0 Å². The van der Waals surface area contributed by atoms with E-state index in [1.54, 1.807) is 0 Å². The van der Waals surface area contributed by atoms with Crippen molar-refractivity contribution in [3.05, 3.63) is 108 Å². The van der Waals surface area contributed by atoms with E-state index in [-0.39, 0.29) is 5.92 Å². The number of para-hydroxylation sites is 1. The molecule has 1 heteroatoms. The molecule has 0 saturated heterocycles. The van der Waals surface area contributed by atoms with Gasteiger partial charge in [0.05, 0.1) is 5.92 Å². The van der Waals surface area contributed by atoms with Crippen molar-refractivity contribution < 1.29 is 4.74 Å². The highest BCUT2D eigenvalue weighted by molar-refractivity contribution is 5.68. The van der Waals surface area contributed by atoms with Crippen LogP contribution in [0.25, 0.3) is 5.76 Å². The van der Waals surface area contributed by atoms with Gasteiger partial charge in [0, 0.05) is 16.7 Å². The molecule has 0 amide bonds. The number of allylic oxidation sites excluding steroid dienone is 1. The molecule has 0 radical (unpaired) electrons. The quantitative estimate of drug-likeness (QED) is 0.557. The molecule has 3 aromatic rings. The van der Waals surface area contributed by atoms with Crippen LogP contribution < -0.4 is 4.74 Å². The van der Waals surface area contributed by atoms with Gasteiger partial charge in [-0.05, 0) is 24.3 Å². The topological polar surface area (TPSA) is 9.23 Å². The highest BCUT2D eigenvalue weighted by Gasteiger charge is 2.20. The number of rotatable bonds is 1. The molecule has 114 valence electrons. The van der Waals surface area contributed by atoms with Crippen LogP contribution in [0.4, 0.5) is 0 Å². The van der Waals surface area contributed by atoms with Crippen molar-refractivity contribution in [1.82, 2.24) is 0 Å². The lowest BCUT2D eigenvalue weighted by Crippen LogP contribution is -2.07. The van der Waals surface area contributed by atoms with Crippen molar-refractivity contribution in [2.75, 3.05) is 0 Å². The van der Waals surface area contributed by atoms with Crippen LogP contribution in [0.5, 0.6) is 5.75 Å². The van der Waals surface area contributed by atoms with Crippen LogP contribution >= 0.6 is 0 Å². The molecule has 1 aliphatic heterocycles. The van der Waals surface area contributed by atoms with Crippen LogP contribution in [0.2, 0.25) is 0 Å². The van der Waals surface area contributed by atoms with Crippen LogP contribution in [0.3, 0.4) is 0 Å². The van der Waals surface area contributed by atoms with E-state index in [9.17, 15) is 0 Å². The van der Waals surface area contributed by atoms with Gasteiger partial charge < -0.3 is 4.74 Å². The Hall–Kier alpha value is -3.24. The predicted octanol–water partition coefficient (Wildman–Crippen LogP) is 5.26. The monoisotopic (exact) mass is 308 g/mol. The third-order valence-corrected chi connectivity index (χ3v) is 4.00. The summed E-state index contributed by atoms with van der Waals surface area (Å²) in [7, 11) is 0. The zero-order valence-corrected chi connectivity index (χ0v) is 13.1. The largest absolute Gasteiger partial charge is 0.457 e. The predicted molar refractivity (Wildman–Crippen MR) is 97.6 cm³/mol. The fourth-order valence-corrected chi connectivity index (χ4v) is 2.78. The molecule has 4 rings (SSSR count). The summed E-state index contributed by atoms with van der Waals surface area (Å²) in [5.74, 6) is 8.43. The van der Waals surface area contributed by atoms with E-state index in [0.717, 1.165) is 28.2 Å². The van der Waals surface area contributed by atoms with E-state index in [1.165, 1.54) is 0 Å². The lowest BCUT2D eigenvalue weighted by molar-refractivity contribution is 0.495. The average Bonchev–Trinajstić information content (AvgIpc) is 2.67. The first kappa shape index (κ1) is 14.4. The molecule has 1 nitrogen and oxygen atoms in total. The fourth-order valence-electron chi connectivity index (χ4n) is 2.78. The Morgan fingerprint density at radius 1 is 0.708 bits per heavy atom. The van der Waals surface area contributed by atoms with E-state index >= 15 is 0 Å². The van der Waals surface area contributed by atoms with Crippen molar-refractivity contribution in [2.45, 2.75) is 5.92 Å². The lowest BCUT2D eigenvalue weighted by atomic mass is 9.94. The van der Waals surface area contributed by atoms with Gasteiger partial charge >= 0.3 is 0 Å². The minimum absolute atomic E-state index is 0.0189. The van der Waals surface area contributed by atoms with Crippen molar-refractivity contribution in [3.63, 3.8) is 0 Å². The molecule has 0 aromatic heterocycles. The standard InChI is InChI=1S/C23H16O/c1-3-9-18(10-4-1)15-16-20-17-23(19-11-5-2-6-12-19)24-22-14-8-7-13-21(20)22/h1-14,17,20H. The molecule has 24 heavy (non-hydrogen) atoms. The van der Waals surface area contributed by atoms with Crippen LogP contribution in [-0.4, -0.2) is 0 Å². The maximum absolute atomic E-state index is 6.09. The Bertz CT molecular complexity index is 928. The molecule has 0 spiro atoms. The summed E-state index contributed by atoms with van der Waals surface area (Å²) in [6.07, 6.45) is 2.10. The third-order valence-electron chi connectivity index (χ3n) is 4.00. The maximum atomic E-state index is 6.09. The minimum atomic E-state index is 0.0189. The molecular weight excluding hydrogens is 292 g/mol. The van der Waals surface area contributed by atoms with Gasteiger partial charge in [-0.3, -0.25) is 0 Å². The van der Waals surface area contributed by atoms with Crippen molar-refractivity contribution in [1.29, 1.82) is 0 Å². The summed E-state index contributed by atoms with van der Waals surface area (Å²) < 4.78 is 6.09. The second kappa shape index (κ2) is 6.48. The normalized spacial score (nSPS) is 15.3. The van der Waals surface area contributed by atoms with Crippen molar-refractivity contribution in [3.8, 4) is 17.6 Å². The Labute approximate surface area is 142 Å². The van der Waals surface area contributed by atoms with Crippen molar-refractivity contribution in [2.24, 2.45) is 0 Å². The third kappa shape index (κ3) is 2.95. The van der Waals surface area contributed by atoms with Gasteiger partial charge in [-0.15, -0.1) is 0 Å². The highest BCUT2D eigenvalue weighted by Crippen LogP contribution is 2.36. The van der Waals surface area contributed by atoms with E-state index in [4.69, 9.17) is 4.74 Å². The van der Waals surface area contributed by atoms with Gasteiger partial charge in [0.15, 0.2) is 0 Å². The summed E-state index contributed by atoms with van der Waals surface area (Å²) >= 11 is 0. The van der Waals surface area contributed by atoms with Gasteiger partial charge in [0.1, 0.15) is 11.5 Å². The molecule has 1 atom stereocenters. The van der Waals surface area contributed by atoms with E-state index in [2.05, 4.69) is 36.1 Å². The summed E-state index contributed by atoms with van der Waals surface area (Å²) in [5.41, 5.74) is 3.20. The lowest BCUT2D eigenvalue weighted by Gasteiger charge is -2.22. The number of fused-ring (bicyclic) bond motifs is 1. The second-order valence-corrected chi connectivity index (χ2v) is 5.65. The molecule has 3 aromatic carbocycles. The summed E-state index contributed by atoms with van der Waals surface area (Å²) in [6, 6.07) is 28.3. The van der Waals surface area contributed by atoms with Crippen molar-refractivity contribution >= 4 is 5.76 Å². The van der Waals surface area contributed by atoms with Gasteiger partial charge in [0.25, 0.3) is 0 Å². The Morgan fingerprint density at radius 3 is 2.17 bits per heavy atom. The Balaban J connectivity index is 1.76. The maximum Gasteiger partial charge on any atom is 0.132 e. The van der Waals surface area contributed by atoms with Gasteiger partial charge in [0.2, 0.25) is 0 Å². The first-order valence-corrected chi connectivity index (χ1v) is 8.01. The minimum Gasteiger partial charge on any atom is -0.457 e. The zero-order valence-electron chi connectivity index (χ0n) is 13.1. The Morgan fingerprint density at radius 2 is 1.38 bits per heavy atom. The molecule has 1 aliphatic rings. The van der Waals surface area contributed by atoms with Crippen LogP contribution in [-0.2, 0) is 0 Å². The highest BCUT2D eigenvalue weighted by atomic mass is 16.5. The molecule has 0 N–H and O–H groups in total. The summed E-state index contributed by atoms with van der Waals surface area (Å²) in [4.78, 5) is 0. The van der Waals surface area contributed by atoms with E-state index < -0.39 is 0 Å². The van der Waals surface area contributed by atoms with Gasteiger partial charge in [-0.1, -0.05) is 78.6 Å². The smallest absolute Gasteiger partial charge is 0.132 e. The van der Waals surface area contributed by atoms with Gasteiger partial charge in [-0.2, -0.15) is 0 Å². The fraction of sp³-hybridized carbons (Fsp3) is 0.0435. The number of ether oxygens (including phenoxy) is 1. The molecule has 0 saturated carbocycles. The van der Waals surface area contributed by atoms with E-state index in [0.29, 0.717) is 0 Å². The first-order valence-electron chi connectivity index (χ1n) is 8.01. The van der Waals surface area contributed by atoms with E-state index in [1.807, 2.05) is 66.7 Å². The molecule has 0 aliphatic carbocycles. The molecule has 1 unspecified atom stereocenters. The number of benzene rings is 3. The zero-order chi connectivity index (χ0) is 16.2. The van der Waals surface area contributed by atoms with Crippen LogP contribution in [0.1, 0.15) is 22.6 Å². The van der Waals surface area contributed by atoms with Gasteiger partial charge in [-0.25, -0.2) is 0 Å². The first-order chi connectivity index (χ1) is 11.9. The SMILES string of the molecule is C(#CC1C=C(c2ccccc2)Oc2ccccc21)c1ccccc1. The molecular formula is C23H16O. The molecule has 0 bridgehead atoms.